The van der Waals surface area contributed by atoms with Crippen LogP contribution >= 0.6 is 0 Å². The number of hydrogen-bond donors (Lipinski definition) is 0. The number of ether oxygens (including phenoxy) is 11. The van der Waals surface area contributed by atoms with Crippen LogP contribution in [0.15, 0.2) is 30.3 Å². The monoisotopic (exact) mass is 646 g/mol. The summed E-state index contributed by atoms with van der Waals surface area (Å²) in [7, 11) is 0. The lowest BCUT2D eigenvalue weighted by molar-refractivity contribution is -0.145. The first kappa shape index (κ1) is 41.2. The smallest absolute Gasteiger partial charge is 0.305 e. The number of esters is 1. The molecule has 0 saturated heterocycles. The highest BCUT2D eigenvalue weighted by atomic mass is 16.6. The summed E-state index contributed by atoms with van der Waals surface area (Å²) < 4.78 is 59.8. The predicted octanol–water partition coefficient (Wildman–Crippen LogP) is 3.73. The second-order valence-electron chi connectivity index (χ2n) is 9.70. The predicted molar refractivity (Wildman–Crippen MR) is 169 cm³/mol. The first-order valence-corrected chi connectivity index (χ1v) is 16.4. The quantitative estimate of drug-likeness (QED) is 0.0781. The van der Waals surface area contributed by atoms with E-state index in [4.69, 9.17) is 52.1 Å². The fourth-order valence-corrected chi connectivity index (χ4v) is 3.58. The van der Waals surface area contributed by atoms with E-state index >= 15 is 0 Å². The molecule has 0 radical (unpaired) electrons. The van der Waals surface area contributed by atoms with Crippen molar-refractivity contribution in [3.8, 4) is 5.75 Å². The van der Waals surface area contributed by atoms with Crippen molar-refractivity contribution in [1.29, 1.82) is 0 Å². The van der Waals surface area contributed by atoms with Gasteiger partial charge in [0, 0.05) is 6.42 Å². The Labute approximate surface area is 270 Å². The lowest BCUT2D eigenvalue weighted by Gasteiger charge is -2.09. The summed E-state index contributed by atoms with van der Waals surface area (Å²) in [5, 5.41) is 0. The molecule has 0 aromatic heterocycles. The van der Waals surface area contributed by atoms with Crippen molar-refractivity contribution in [2.75, 3.05) is 132 Å². The van der Waals surface area contributed by atoms with E-state index in [1.54, 1.807) is 0 Å². The van der Waals surface area contributed by atoms with Crippen molar-refractivity contribution in [1.82, 2.24) is 0 Å². The van der Waals surface area contributed by atoms with Gasteiger partial charge in [0.25, 0.3) is 0 Å². The lowest BCUT2D eigenvalue weighted by Crippen LogP contribution is -2.15. The zero-order valence-electron chi connectivity index (χ0n) is 27.5. The molecule has 0 aliphatic heterocycles. The van der Waals surface area contributed by atoms with Crippen LogP contribution in [0.2, 0.25) is 0 Å². The highest BCUT2D eigenvalue weighted by Crippen LogP contribution is 2.07. The molecule has 0 N–H and O–H groups in total. The third-order valence-electron chi connectivity index (χ3n) is 5.94. The van der Waals surface area contributed by atoms with E-state index in [-0.39, 0.29) is 12.6 Å². The second kappa shape index (κ2) is 35.0. The summed E-state index contributed by atoms with van der Waals surface area (Å²) in [6.07, 6.45) is 4.76. The Kier molecular flexibility index (Phi) is 32.0. The van der Waals surface area contributed by atoms with Crippen LogP contribution in [0.25, 0.3) is 0 Å². The maximum absolute atomic E-state index is 11.5. The molecular weight excluding hydrogens is 588 g/mol. The Hall–Kier alpha value is -1.87. The van der Waals surface area contributed by atoms with Crippen LogP contribution in [-0.4, -0.2) is 138 Å². The van der Waals surface area contributed by atoms with E-state index in [1.165, 1.54) is 0 Å². The van der Waals surface area contributed by atoms with E-state index < -0.39 is 0 Å². The minimum atomic E-state index is -0.152. The zero-order valence-corrected chi connectivity index (χ0v) is 27.5. The molecule has 0 bridgehead atoms. The molecule has 0 aliphatic carbocycles. The topological polar surface area (TPSA) is 119 Å². The van der Waals surface area contributed by atoms with Crippen molar-refractivity contribution in [3.05, 3.63) is 30.3 Å². The molecule has 262 valence electrons. The van der Waals surface area contributed by atoms with Gasteiger partial charge in [0.2, 0.25) is 0 Å². The third-order valence-corrected chi connectivity index (χ3v) is 5.94. The van der Waals surface area contributed by atoms with Crippen molar-refractivity contribution in [3.63, 3.8) is 0 Å². The van der Waals surface area contributed by atoms with E-state index in [0.717, 1.165) is 31.4 Å². The summed E-state index contributed by atoms with van der Waals surface area (Å²) in [4.78, 5) is 11.5. The second-order valence-corrected chi connectivity index (χ2v) is 9.70. The maximum atomic E-state index is 11.5. The SMILES string of the molecule is CCCCCCC(=O)OCCOCCOCCOCCOCCOCCOCCOCCOCCOCCOc1ccccc1. The number of benzene rings is 1. The number of rotatable bonds is 36. The molecule has 1 aromatic rings. The van der Waals surface area contributed by atoms with Gasteiger partial charge in [-0.15, -0.1) is 0 Å². The Morgan fingerprint density at radius 1 is 0.444 bits per heavy atom. The molecule has 0 aliphatic rings. The van der Waals surface area contributed by atoms with E-state index in [2.05, 4.69) is 6.92 Å². The molecule has 0 atom stereocenters. The third kappa shape index (κ3) is 31.9. The molecule has 0 spiro atoms. The molecule has 12 heteroatoms. The molecule has 0 fully saturated rings. The standard InChI is InChI=1S/C33H58O12/c1-2-3-4-8-11-33(34)45-31-29-43-27-25-41-23-21-39-19-17-37-15-13-35-12-14-36-16-18-38-20-22-40-24-26-42-28-30-44-32-9-6-5-7-10-32/h5-7,9-10H,2-4,8,11-31H2,1H3. The fraction of sp³-hybridized carbons (Fsp3) is 0.788. The summed E-state index contributed by atoms with van der Waals surface area (Å²) >= 11 is 0. The molecule has 1 rings (SSSR count). The molecule has 12 nitrogen and oxygen atoms in total. The number of para-hydroxylation sites is 1. The number of carbonyl (C=O) groups excluding carboxylic acids is 1. The average Bonchev–Trinajstić information content (AvgIpc) is 3.06. The first-order chi connectivity index (χ1) is 22.3. The van der Waals surface area contributed by atoms with E-state index in [1.807, 2.05) is 30.3 Å². The van der Waals surface area contributed by atoms with Gasteiger partial charge in [0.1, 0.15) is 19.0 Å². The van der Waals surface area contributed by atoms with Crippen LogP contribution in [-0.2, 0) is 52.2 Å². The van der Waals surface area contributed by atoms with Gasteiger partial charge in [0.05, 0.1) is 119 Å². The van der Waals surface area contributed by atoms with Gasteiger partial charge in [-0.2, -0.15) is 0 Å². The maximum Gasteiger partial charge on any atom is 0.305 e. The Bertz CT molecular complexity index is 725. The normalized spacial score (nSPS) is 11.2. The Morgan fingerprint density at radius 2 is 0.800 bits per heavy atom. The van der Waals surface area contributed by atoms with E-state index in [9.17, 15) is 4.79 Å². The van der Waals surface area contributed by atoms with Crippen LogP contribution < -0.4 is 4.74 Å². The highest BCUT2D eigenvalue weighted by molar-refractivity contribution is 5.69. The summed E-state index contributed by atoms with van der Waals surface area (Å²) in [5.74, 6) is 0.691. The minimum Gasteiger partial charge on any atom is -0.491 e. The van der Waals surface area contributed by atoms with Crippen LogP contribution in [0.1, 0.15) is 39.0 Å². The Balaban J connectivity index is 1.63. The van der Waals surface area contributed by atoms with Crippen LogP contribution in [0, 0.1) is 0 Å². The molecule has 0 heterocycles. The van der Waals surface area contributed by atoms with Crippen LogP contribution in [0.5, 0.6) is 5.75 Å². The highest BCUT2D eigenvalue weighted by Gasteiger charge is 2.02. The van der Waals surface area contributed by atoms with E-state index in [0.29, 0.717) is 132 Å². The zero-order chi connectivity index (χ0) is 32.1. The van der Waals surface area contributed by atoms with Gasteiger partial charge in [-0.05, 0) is 18.6 Å². The number of hydrogen-bond acceptors (Lipinski definition) is 12. The van der Waals surface area contributed by atoms with Gasteiger partial charge in [-0.3, -0.25) is 4.79 Å². The number of carbonyl (C=O) groups is 1. The summed E-state index contributed by atoms with van der Waals surface area (Å²) in [6.45, 7) is 11.9. The molecule has 0 saturated carbocycles. The number of unbranched alkanes of at least 4 members (excludes halogenated alkanes) is 3. The van der Waals surface area contributed by atoms with Crippen LogP contribution in [0.3, 0.4) is 0 Å². The van der Waals surface area contributed by atoms with Gasteiger partial charge >= 0.3 is 5.97 Å². The molecular formula is C33H58O12. The van der Waals surface area contributed by atoms with Crippen molar-refractivity contribution >= 4 is 5.97 Å². The lowest BCUT2D eigenvalue weighted by atomic mass is 10.2. The molecule has 1 aromatic carbocycles. The Morgan fingerprint density at radius 3 is 1.18 bits per heavy atom. The fourth-order valence-electron chi connectivity index (χ4n) is 3.58. The average molecular weight is 647 g/mol. The van der Waals surface area contributed by atoms with Gasteiger partial charge < -0.3 is 52.1 Å². The van der Waals surface area contributed by atoms with Gasteiger partial charge in [-0.1, -0.05) is 44.4 Å². The van der Waals surface area contributed by atoms with Gasteiger partial charge in [0.15, 0.2) is 0 Å². The van der Waals surface area contributed by atoms with Gasteiger partial charge in [-0.25, -0.2) is 0 Å². The largest absolute Gasteiger partial charge is 0.491 e. The van der Waals surface area contributed by atoms with Crippen molar-refractivity contribution < 1.29 is 56.9 Å². The van der Waals surface area contributed by atoms with Crippen molar-refractivity contribution in [2.45, 2.75) is 39.0 Å². The molecule has 0 amide bonds. The molecule has 0 unspecified atom stereocenters. The van der Waals surface area contributed by atoms with Crippen molar-refractivity contribution in [2.24, 2.45) is 0 Å². The van der Waals surface area contributed by atoms with Crippen LogP contribution in [0.4, 0.5) is 0 Å². The summed E-state index contributed by atoms with van der Waals surface area (Å²) in [5.41, 5.74) is 0. The minimum absolute atomic E-state index is 0.152. The first-order valence-electron chi connectivity index (χ1n) is 16.4. The molecule has 45 heavy (non-hydrogen) atoms. The summed E-state index contributed by atoms with van der Waals surface area (Å²) in [6, 6.07) is 9.66.